The summed E-state index contributed by atoms with van der Waals surface area (Å²) in [5, 5.41) is 10.0. The van der Waals surface area contributed by atoms with Crippen LogP contribution in [-0.4, -0.2) is 16.1 Å². The van der Waals surface area contributed by atoms with E-state index in [0.717, 1.165) is 15.6 Å². The highest BCUT2D eigenvalue weighted by molar-refractivity contribution is 7.12. The van der Waals surface area contributed by atoms with Crippen LogP contribution >= 0.6 is 11.3 Å². The van der Waals surface area contributed by atoms with E-state index in [1.807, 2.05) is 20.8 Å². The van der Waals surface area contributed by atoms with Crippen molar-refractivity contribution in [2.45, 2.75) is 58.8 Å². The fraction of sp³-hybridized carbons (Fsp3) is 0.692. The molecule has 0 aliphatic heterocycles. The Balaban J connectivity index is 3.15. The maximum Gasteiger partial charge on any atom is 0.304 e. The summed E-state index contributed by atoms with van der Waals surface area (Å²) < 4.78 is 0. The van der Waals surface area contributed by atoms with Gasteiger partial charge < -0.3 is 5.11 Å². The topological polar surface area (TPSA) is 50.2 Å². The zero-order valence-electron chi connectivity index (χ0n) is 11.4. The minimum Gasteiger partial charge on any atom is -0.481 e. The molecule has 3 nitrogen and oxygen atoms in total. The third kappa shape index (κ3) is 3.28. The predicted octanol–water partition coefficient (Wildman–Crippen LogP) is 3.50. The summed E-state index contributed by atoms with van der Waals surface area (Å²) in [7, 11) is 0. The molecule has 0 aromatic carbocycles. The molecule has 0 amide bonds. The lowest BCUT2D eigenvalue weighted by Crippen LogP contribution is -2.21. The molecule has 0 atom stereocenters. The van der Waals surface area contributed by atoms with Gasteiger partial charge in [-0.25, -0.2) is 4.98 Å². The third-order valence-electron chi connectivity index (χ3n) is 2.65. The molecule has 0 saturated carbocycles. The number of aromatic nitrogens is 1. The van der Waals surface area contributed by atoms with Gasteiger partial charge in [0, 0.05) is 15.7 Å². The molecule has 0 aliphatic rings. The van der Waals surface area contributed by atoms with Crippen molar-refractivity contribution in [2.75, 3.05) is 0 Å². The van der Waals surface area contributed by atoms with E-state index in [0.29, 0.717) is 0 Å². The molecule has 0 radical (unpaired) electrons. The van der Waals surface area contributed by atoms with E-state index in [1.165, 1.54) is 0 Å². The Bertz CT molecular complexity index is 427. The summed E-state index contributed by atoms with van der Waals surface area (Å²) in [4.78, 5) is 16.6. The first-order chi connectivity index (χ1) is 7.54. The van der Waals surface area contributed by atoms with Crippen molar-refractivity contribution in [3.8, 4) is 0 Å². The van der Waals surface area contributed by atoms with Crippen molar-refractivity contribution >= 4 is 17.3 Å². The van der Waals surface area contributed by atoms with Crippen molar-refractivity contribution < 1.29 is 9.90 Å². The third-order valence-corrected chi connectivity index (χ3v) is 4.60. The first kappa shape index (κ1) is 14.2. The van der Waals surface area contributed by atoms with E-state index in [4.69, 9.17) is 5.11 Å². The lowest BCUT2D eigenvalue weighted by molar-refractivity contribution is -0.138. The van der Waals surface area contributed by atoms with Gasteiger partial charge in [-0.3, -0.25) is 4.79 Å². The van der Waals surface area contributed by atoms with Crippen LogP contribution in [0.5, 0.6) is 0 Å². The van der Waals surface area contributed by atoms with Crippen molar-refractivity contribution in [1.82, 2.24) is 4.98 Å². The van der Waals surface area contributed by atoms with Crippen LogP contribution in [0.2, 0.25) is 0 Å². The second-order valence-corrected chi connectivity index (χ2v) is 7.14. The van der Waals surface area contributed by atoms with Crippen molar-refractivity contribution in [3.05, 3.63) is 15.6 Å². The molecule has 0 unspecified atom stereocenters. The van der Waals surface area contributed by atoms with Gasteiger partial charge in [-0.1, -0.05) is 34.6 Å². The molecule has 0 aliphatic carbocycles. The molecule has 1 aromatic rings. The molecule has 17 heavy (non-hydrogen) atoms. The van der Waals surface area contributed by atoms with Crippen LogP contribution in [0.4, 0.5) is 0 Å². The Morgan fingerprint density at radius 2 is 1.82 bits per heavy atom. The van der Waals surface area contributed by atoms with Gasteiger partial charge in [0.05, 0.1) is 17.1 Å². The molecule has 0 spiro atoms. The van der Waals surface area contributed by atoms with Gasteiger partial charge in [-0.2, -0.15) is 0 Å². The Kier molecular flexibility index (Phi) is 3.67. The number of aryl methyl sites for hydroxylation is 1. The van der Waals surface area contributed by atoms with Crippen LogP contribution < -0.4 is 0 Å². The number of hydrogen-bond donors (Lipinski definition) is 1. The van der Waals surface area contributed by atoms with Crippen molar-refractivity contribution in [2.24, 2.45) is 0 Å². The summed E-state index contributed by atoms with van der Waals surface area (Å²) in [5.74, 6) is -0.764. The Hall–Kier alpha value is -0.900. The summed E-state index contributed by atoms with van der Waals surface area (Å²) in [6, 6.07) is 0. The van der Waals surface area contributed by atoms with Gasteiger partial charge in [-0.05, 0) is 6.92 Å². The Morgan fingerprint density at radius 3 is 2.18 bits per heavy atom. The van der Waals surface area contributed by atoms with Crippen LogP contribution in [0.3, 0.4) is 0 Å². The highest BCUT2D eigenvalue weighted by atomic mass is 32.1. The van der Waals surface area contributed by atoms with Gasteiger partial charge in [0.25, 0.3) is 0 Å². The number of carboxylic acid groups (broad SMARTS) is 1. The van der Waals surface area contributed by atoms with E-state index < -0.39 is 5.97 Å². The fourth-order valence-electron chi connectivity index (χ4n) is 1.80. The number of thiazole rings is 1. The summed E-state index contributed by atoms with van der Waals surface area (Å²) in [6.07, 6.45) is 0.139. The smallest absolute Gasteiger partial charge is 0.304 e. The molecule has 1 aromatic heterocycles. The Labute approximate surface area is 107 Å². The first-order valence-electron chi connectivity index (χ1n) is 5.74. The van der Waals surface area contributed by atoms with Gasteiger partial charge in [0.2, 0.25) is 0 Å². The SMILES string of the molecule is Cc1nc(C(C)(C)C)sc1C(C)(C)CC(=O)O. The molecule has 96 valence electrons. The summed E-state index contributed by atoms with van der Waals surface area (Å²) >= 11 is 1.64. The minimum atomic E-state index is -0.764. The van der Waals surface area contributed by atoms with Crippen LogP contribution in [0.15, 0.2) is 0 Å². The number of aliphatic carboxylic acids is 1. The number of rotatable bonds is 3. The van der Waals surface area contributed by atoms with Crippen molar-refractivity contribution in [1.29, 1.82) is 0 Å². The van der Waals surface area contributed by atoms with Crippen molar-refractivity contribution in [3.63, 3.8) is 0 Å². The zero-order valence-corrected chi connectivity index (χ0v) is 12.2. The van der Waals surface area contributed by atoms with Crippen LogP contribution in [0.25, 0.3) is 0 Å². The molecular weight excluding hydrogens is 234 g/mol. The molecule has 1 heterocycles. The second-order valence-electron chi connectivity index (χ2n) is 6.14. The van der Waals surface area contributed by atoms with Gasteiger partial charge in [0.15, 0.2) is 0 Å². The van der Waals surface area contributed by atoms with Gasteiger partial charge in [0.1, 0.15) is 0 Å². The molecular formula is C13H21NO2S. The quantitative estimate of drug-likeness (QED) is 0.899. The average molecular weight is 255 g/mol. The van der Waals surface area contributed by atoms with Crippen LogP contribution in [0, 0.1) is 6.92 Å². The van der Waals surface area contributed by atoms with Gasteiger partial charge in [-0.15, -0.1) is 11.3 Å². The van der Waals surface area contributed by atoms with Gasteiger partial charge >= 0.3 is 5.97 Å². The second kappa shape index (κ2) is 4.41. The number of hydrogen-bond acceptors (Lipinski definition) is 3. The fourth-order valence-corrected chi connectivity index (χ4v) is 3.03. The molecule has 0 fully saturated rings. The molecule has 0 saturated heterocycles. The van der Waals surface area contributed by atoms with E-state index in [2.05, 4.69) is 25.8 Å². The maximum absolute atomic E-state index is 10.9. The number of carbonyl (C=O) groups is 1. The zero-order chi connectivity index (χ0) is 13.4. The monoisotopic (exact) mass is 255 g/mol. The number of nitrogens with zero attached hydrogens (tertiary/aromatic N) is 1. The summed E-state index contributed by atoms with van der Waals surface area (Å²) in [6.45, 7) is 12.3. The predicted molar refractivity (Wildman–Crippen MR) is 70.8 cm³/mol. The van der Waals surface area contributed by atoms with E-state index in [-0.39, 0.29) is 17.3 Å². The highest BCUT2D eigenvalue weighted by Gasteiger charge is 2.30. The first-order valence-corrected chi connectivity index (χ1v) is 6.56. The molecule has 0 bridgehead atoms. The van der Waals surface area contributed by atoms with Crippen LogP contribution in [-0.2, 0) is 15.6 Å². The Morgan fingerprint density at radius 1 is 1.29 bits per heavy atom. The lowest BCUT2D eigenvalue weighted by Gasteiger charge is -2.21. The standard InChI is InChI=1S/C13H21NO2S/c1-8-10(13(5,6)7-9(15)16)17-11(14-8)12(2,3)4/h7H2,1-6H3,(H,15,16). The van der Waals surface area contributed by atoms with Crippen LogP contribution in [0.1, 0.15) is 56.6 Å². The summed E-state index contributed by atoms with van der Waals surface area (Å²) in [5.41, 5.74) is 0.635. The molecule has 1 N–H and O–H groups in total. The average Bonchev–Trinajstić information content (AvgIpc) is 2.44. The van der Waals surface area contributed by atoms with E-state index in [1.54, 1.807) is 11.3 Å². The number of carboxylic acids is 1. The largest absolute Gasteiger partial charge is 0.481 e. The lowest BCUT2D eigenvalue weighted by atomic mass is 9.87. The molecule has 1 rings (SSSR count). The molecule has 4 heteroatoms. The van der Waals surface area contributed by atoms with E-state index >= 15 is 0 Å². The minimum absolute atomic E-state index is 0.0208. The van der Waals surface area contributed by atoms with E-state index in [9.17, 15) is 4.79 Å². The normalized spacial score (nSPS) is 12.8. The maximum atomic E-state index is 10.9. The highest BCUT2D eigenvalue weighted by Crippen LogP contribution is 2.38.